The molecule has 0 atom stereocenters. The summed E-state index contributed by atoms with van der Waals surface area (Å²) in [7, 11) is 0. The van der Waals surface area contributed by atoms with E-state index in [9.17, 15) is 0 Å². The molecule has 0 rings (SSSR count). The maximum atomic E-state index is 8.41. The van der Waals surface area contributed by atoms with Crippen LogP contribution in [0.25, 0.3) is 0 Å². The molecule has 0 spiro atoms. The maximum absolute atomic E-state index is 8.41. The molecule has 0 aromatic heterocycles. The fourth-order valence-electron chi connectivity index (χ4n) is 0.491. The van der Waals surface area contributed by atoms with E-state index in [-0.39, 0.29) is 6.61 Å². The normalized spacial score (nSPS) is 9.91. The monoisotopic (exact) mass is 154 g/mol. The lowest BCUT2D eigenvalue weighted by molar-refractivity contribution is 0.185. The minimum absolute atomic E-state index is 0.151. The highest BCUT2D eigenvalue weighted by Crippen LogP contribution is 1.96. The van der Waals surface area contributed by atoms with Gasteiger partial charge in [0.15, 0.2) is 0 Å². The molecule has 0 aliphatic heterocycles. The minimum atomic E-state index is 0.151. The predicted octanol–water partition coefficient (Wildman–Crippen LogP) is 1.64. The topological polar surface area (TPSA) is 29.5 Å². The quantitative estimate of drug-likeness (QED) is 0.358. The number of aliphatic hydroxyl groups excluding tert-OH is 1. The largest absolute Gasteiger partial charge is 0.494 e. The third-order valence-corrected chi connectivity index (χ3v) is 1.01. The van der Waals surface area contributed by atoms with Gasteiger partial charge in [0.1, 0.15) is 5.76 Å². The molecule has 0 aliphatic carbocycles. The van der Waals surface area contributed by atoms with Crippen molar-refractivity contribution in [3.05, 3.63) is 37.1 Å². The van der Waals surface area contributed by atoms with Crippen LogP contribution in [0.3, 0.4) is 0 Å². The van der Waals surface area contributed by atoms with Crippen LogP contribution in [0.5, 0.6) is 0 Å². The number of ether oxygens (including phenoxy) is 1. The van der Waals surface area contributed by atoms with Crippen LogP contribution in [0.15, 0.2) is 37.1 Å². The van der Waals surface area contributed by atoms with Crippen LogP contribution in [0.1, 0.15) is 6.42 Å². The van der Waals surface area contributed by atoms with Crippen molar-refractivity contribution < 1.29 is 9.84 Å². The Morgan fingerprint density at radius 2 is 2.27 bits per heavy atom. The number of aliphatic hydroxyl groups is 1. The van der Waals surface area contributed by atoms with Crippen LogP contribution in [0, 0.1) is 0 Å². The van der Waals surface area contributed by atoms with Gasteiger partial charge in [0, 0.05) is 13.0 Å². The summed E-state index contributed by atoms with van der Waals surface area (Å²) in [6.45, 7) is 7.79. The Morgan fingerprint density at radius 1 is 1.55 bits per heavy atom. The number of hydrogen-bond donors (Lipinski definition) is 1. The molecule has 0 aromatic rings. The Bertz CT molecular complexity index is 148. The van der Waals surface area contributed by atoms with Crippen molar-refractivity contribution in [1.29, 1.82) is 0 Å². The van der Waals surface area contributed by atoms with Crippen LogP contribution in [-0.4, -0.2) is 18.3 Å². The van der Waals surface area contributed by atoms with Gasteiger partial charge >= 0.3 is 0 Å². The second-order valence-electron chi connectivity index (χ2n) is 1.99. The van der Waals surface area contributed by atoms with Gasteiger partial charge in [-0.25, -0.2) is 0 Å². The third-order valence-electron chi connectivity index (χ3n) is 1.01. The van der Waals surface area contributed by atoms with Crippen molar-refractivity contribution in [3.8, 4) is 0 Å². The van der Waals surface area contributed by atoms with Gasteiger partial charge in [-0.2, -0.15) is 0 Å². The molecule has 0 amide bonds. The van der Waals surface area contributed by atoms with Crippen LogP contribution < -0.4 is 0 Å². The highest BCUT2D eigenvalue weighted by molar-refractivity contribution is 5.12. The van der Waals surface area contributed by atoms with E-state index in [2.05, 4.69) is 13.2 Å². The molecule has 0 radical (unpaired) electrons. The zero-order chi connectivity index (χ0) is 8.53. The molecule has 0 fully saturated rings. The summed E-state index contributed by atoms with van der Waals surface area (Å²) in [6.07, 6.45) is 5.77. The average molecular weight is 154 g/mol. The van der Waals surface area contributed by atoms with E-state index >= 15 is 0 Å². The van der Waals surface area contributed by atoms with E-state index in [1.165, 1.54) is 0 Å². The van der Waals surface area contributed by atoms with E-state index < -0.39 is 0 Å². The van der Waals surface area contributed by atoms with Crippen LogP contribution in [0.4, 0.5) is 0 Å². The molecule has 0 saturated heterocycles. The third kappa shape index (κ3) is 6.87. The summed E-state index contributed by atoms with van der Waals surface area (Å²) in [5.74, 6) is 0.596. The average Bonchev–Trinajstić information content (AvgIpc) is 2.01. The van der Waals surface area contributed by atoms with Gasteiger partial charge in [-0.15, -0.1) is 0 Å². The predicted molar refractivity (Wildman–Crippen MR) is 46.1 cm³/mol. The van der Waals surface area contributed by atoms with Gasteiger partial charge < -0.3 is 9.84 Å². The molecule has 2 heteroatoms. The van der Waals surface area contributed by atoms with Crippen molar-refractivity contribution >= 4 is 0 Å². The van der Waals surface area contributed by atoms with Gasteiger partial charge in [0.2, 0.25) is 0 Å². The molecule has 62 valence electrons. The summed E-state index contributed by atoms with van der Waals surface area (Å²) in [4.78, 5) is 0. The zero-order valence-corrected chi connectivity index (χ0v) is 6.62. The molecule has 1 N–H and O–H groups in total. The van der Waals surface area contributed by atoms with Crippen molar-refractivity contribution in [3.63, 3.8) is 0 Å². The fourth-order valence-corrected chi connectivity index (χ4v) is 0.491. The van der Waals surface area contributed by atoms with Gasteiger partial charge in [0.25, 0.3) is 0 Å². The van der Waals surface area contributed by atoms with E-state index in [1.54, 1.807) is 18.2 Å². The van der Waals surface area contributed by atoms with Crippen LogP contribution in [0.2, 0.25) is 0 Å². The molecule has 0 unspecified atom stereocenters. The van der Waals surface area contributed by atoms with Crippen molar-refractivity contribution in [1.82, 2.24) is 0 Å². The lowest BCUT2D eigenvalue weighted by Crippen LogP contribution is -1.94. The fraction of sp³-hybridized carbons (Fsp3) is 0.333. The van der Waals surface area contributed by atoms with Crippen LogP contribution >= 0.6 is 0 Å². The zero-order valence-electron chi connectivity index (χ0n) is 6.62. The molecule has 0 aliphatic rings. The molecular formula is C9H14O2. The van der Waals surface area contributed by atoms with E-state index in [0.717, 1.165) is 0 Å². The second kappa shape index (κ2) is 7.09. The molecule has 0 heterocycles. The molecular weight excluding hydrogens is 140 g/mol. The van der Waals surface area contributed by atoms with Gasteiger partial charge in [-0.1, -0.05) is 25.3 Å². The first kappa shape index (κ1) is 9.98. The van der Waals surface area contributed by atoms with E-state index in [4.69, 9.17) is 9.84 Å². The number of allylic oxidation sites excluding steroid dienone is 3. The highest BCUT2D eigenvalue weighted by atomic mass is 16.5. The standard InChI is InChI=1S/C9H14O2/c1-3-4-6-9(2)11-8-5-7-10/h3-4,6,10H,1-2,5,7-8H2/b6-4-. The first-order valence-electron chi connectivity index (χ1n) is 3.53. The Hall–Kier alpha value is -1.02. The van der Waals surface area contributed by atoms with E-state index in [0.29, 0.717) is 18.8 Å². The number of hydrogen-bond acceptors (Lipinski definition) is 2. The Morgan fingerprint density at radius 3 is 2.82 bits per heavy atom. The second-order valence-corrected chi connectivity index (χ2v) is 1.99. The smallest absolute Gasteiger partial charge is 0.112 e. The van der Waals surface area contributed by atoms with E-state index in [1.807, 2.05) is 0 Å². The first-order valence-corrected chi connectivity index (χ1v) is 3.53. The van der Waals surface area contributed by atoms with Crippen LogP contribution in [-0.2, 0) is 4.74 Å². The summed E-state index contributed by atoms with van der Waals surface area (Å²) in [5, 5.41) is 8.41. The maximum Gasteiger partial charge on any atom is 0.112 e. The Kier molecular flexibility index (Phi) is 6.43. The van der Waals surface area contributed by atoms with Crippen molar-refractivity contribution in [2.75, 3.05) is 13.2 Å². The highest BCUT2D eigenvalue weighted by Gasteiger charge is 1.87. The molecule has 0 saturated carbocycles. The van der Waals surface area contributed by atoms with Gasteiger partial charge in [-0.3, -0.25) is 0 Å². The summed E-state index contributed by atoms with van der Waals surface area (Å²) < 4.78 is 5.10. The lowest BCUT2D eigenvalue weighted by atomic mass is 10.4. The summed E-state index contributed by atoms with van der Waals surface area (Å²) in [6, 6.07) is 0. The van der Waals surface area contributed by atoms with Gasteiger partial charge in [-0.05, 0) is 6.08 Å². The molecule has 0 bridgehead atoms. The Labute approximate surface area is 67.5 Å². The summed E-state index contributed by atoms with van der Waals surface area (Å²) >= 11 is 0. The van der Waals surface area contributed by atoms with Crippen molar-refractivity contribution in [2.45, 2.75) is 6.42 Å². The number of rotatable bonds is 6. The molecule has 2 nitrogen and oxygen atoms in total. The molecule has 0 aromatic carbocycles. The SMILES string of the molecule is C=C/C=C\C(=C)OCCCO. The van der Waals surface area contributed by atoms with Gasteiger partial charge in [0.05, 0.1) is 6.61 Å². The molecule has 11 heavy (non-hydrogen) atoms. The van der Waals surface area contributed by atoms with Crippen molar-refractivity contribution in [2.24, 2.45) is 0 Å². The minimum Gasteiger partial charge on any atom is -0.494 e. The Balaban J connectivity index is 3.37. The lowest BCUT2D eigenvalue weighted by Gasteiger charge is -2.02. The summed E-state index contributed by atoms with van der Waals surface area (Å²) in [5.41, 5.74) is 0. The first-order chi connectivity index (χ1) is 5.31.